The third-order valence-corrected chi connectivity index (χ3v) is 4.93. The van der Waals surface area contributed by atoms with E-state index in [4.69, 9.17) is 21.1 Å². The van der Waals surface area contributed by atoms with Gasteiger partial charge in [-0.2, -0.15) is 0 Å². The predicted octanol–water partition coefficient (Wildman–Crippen LogP) is 3.30. The number of carbonyl (C=O) groups is 1. The van der Waals surface area contributed by atoms with Gasteiger partial charge in [0.05, 0.1) is 32.3 Å². The molecule has 1 fully saturated rings. The molecule has 144 valence electrons. The van der Waals surface area contributed by atoms with Crippen LogP contribution in [0.2, 0.25) is 5.02 Å². The van der Waals surface area contributed by atoms with Gasteiger partial charge in [-0.05, 0) is 23.8 Å². The molecule has 1 saturated heterocycles. The van der Waals surface area contributed by atoms with Crippen LogP contribution in [0.5, 0.6) is 5.75 Å². The Hall–Kier alpha value is -2.08. The van der Waals surface area contributed by atoms with E-state index in [1.807, 2.05) is 54.6 Å². The Morgan fingerprint density at radius 3 is 2.56 bits per heavy atom. The van der Waals surface area contributed by atoms with Gasteiger partial charge in [-0.1, -0.05) is 48.0 Å². The zero-order valence-corrected chi connectivity index (χ0v) is 16.0. The Morgan fingerprint density at radius 1 is 1.11 bits per heavy atom. The van der Waals surface area contributed by atoms with Gasteiger partial charge in [0.2, 0.25) is 5.91 Å². The van der Waals surface area contributed by atoms with E-state index in [0.717, 1.165) is 29.4 Å². The summed E-state index contributed by atoms with van der Waals surface area (Å²) in [5, 5.41) is 3.75. The number of morpholine rings is 1. The molecule has 0 aliphatic carbocycles. The van der Waals surface area contributed by atoms with Crippen LogP contribution in [0.1, 0.15) is 18.0 Å². The number of nitrogens with zero attached hydrogens (tertiary/aromatic N) is 1. The lowest BCUT2D eigenvalue weighted by Gasteiger charge is -2.35. The zero-order chi connectivity index (χ0) is 18.9. The number of rotatable bonds is 8. The molecule has 5 nitrogen and oxygen atoms in total. The van der Waals surface area contributed by atoms with Crippen molar-refractivity contribution in [1.82, 2.24) is 10.2 Å². The molecule has 1 aliphatic rings. The van der Waals surface area contributed by atoms with E-state index < -0.39 is 0 Å². The van der Waals surface area contributed by atoms with Crippen LogP contribution < -0.4 is 10.1 Å². The van der Waals surface area contributed by atoms with E-state index in [1.165, 1.54) is 0 Å². The number of para-hydroxylation sites is 1. The van der Waals surface area contributed by atoms with Crippen molar-refractivity contribution in [2.75, 3.05) is 39.5 Å². The fraction of sp³-hybridized carbons (Fsp3) is 0.381. The molecule has 0 spiro atoms. The summed E-state index contributed by atoms with van der Waals surface area (Å²) in [6.45, 7) is 3.89. The predicted molar refractivity (Wildman–Crippen MR) is 106 cm³/mol. The standard InChI is InChI=1S/C21H25ClN2O3/c22-19-9-5-4-8-18(19)20(24-11-14-26-15-12-24)16-23-21(25)10-13-27-17-6-2-1-3-7-17/h1-9,20H,10-16H2,(H,23,25). The van der Waals surface area contributed by atoms with Crippen molar-refractivity contribution in [2.45, 2.75) is 12.5 Å². The normalized spacial score (nSPS) is 15.9. The van der Waals surface area contributed by atoms with Gasteiger partial charge in [0.15, 0.2) is 0 Å². The first-order chi connectivity index (χ1) is 13.2. The van der Waals surface area contributed by atoms with Crippen LogP contribution in [0.15, 0.2) is 54.6 Å². The van der Waals surface area contributed by atoms with E-state index in [1.54, 1.807) is 0 Å². The van der Waals surface area contributed by atoms with Crippen LogP contribution in [0.25, 0.3) is 0 Å². The Balaban J connectivity index is 1.54. The lowest BCUT2D eigenvalue weighted by molar-refractivity contribution is -0.121. The minimum atomic E-state index is -0.0313. The highest BCUT2D eigenvalue weighted by Crippen LogP contribution is 2.27. The molecular formula is C21H25ClN2O3. The minimum absolute atomic E-state index is 0.0293. The lowest BCUT2D eigenvalue weighted by Crippen LogP contribution is -2.44. The minimum Gasteiger partial charge on any atom is -0.493 e. The average molecular weight is 389 g/mol. The molecule has 1 unspecified atom stereocenters. The van der Waals surface area contributed by atoms with Gasteiger partial charge in [-0.3, -0.25) is 9.69 Å². The van der Waals surface area contributed by atoms with Crippen molar-refractivity contribution in [3.63, 3.8) is 0 Å². The van der Waals surface area contributed by atoms with Crippen molar-refractivity contribution in [3.8, 4) is 5.75 Å². The summed E-state index contributed by atoms with van der Waals surface area (Å²) in [5.41, 5.74) is 1.03. The van der Waals surface area contributed by atoms with Crippen molar-refractivity contribution in [3.05, 3.63) is 65.2 Å². The molecule has 1 N–H and O–H groups in total. The fourth-order valence-corrected chi connectivity index (χ4v) is 3.41. The molecule has 27 heavy (non-hydrogen) atoms. The molecule has 0 bridgehead atoms. The van der Waals surface area contributed by atoms with Gasteiger partial charge >= 0.3 is 0 Å². The summed E-state index contributed by atoms with van der Waals surface area (Å²) in [7, 11) is 0. The second-order valence-electron chi connectivity index (χ2n) is 6.40. The number of ether oxygens (including phenoxy) is 2. The SMILES string of the molecule is O=C(CCOc1ccccc1)NCC(c1ccccc1Cl)N1CCOCC1. The molecule has 3 rings (SSSR count). The molecule has 1 amide bonds. The molecule has 0 radical (unpaired) electrons. The highest BCUT2D eigenvalue weighted by molar-refractivity contribution is 6.31. The second-order valence-corrected chi connectivity index (χ2v) is 6.81. The van der Waals surface area contributed by atoms with E-state index in [0.29, 0.717) is 32.8 Å². The van der Waals surface area contributed by atoms with Crippen LogP contribution in [0.4, 0.5) is 0 Å². The topological polar surface area (TPSA) is 50.8 Å². The molecule has 1 heterocycles. The Kier molecular flexibility index (Phi) is 7.51. The van der Waals surface area contributed by atoms with Crippen molar-refractivity contribution in [2.24, 2.45) is 0 Å². The fourth-order valence-electron chi connectivity index (χ4n) is 3.15. The molecule has 0 aromatic heterocycles. The zero-order valence-electron chi connectivity index (χ0n) is 15.3. The first kappa shape index (κ1) is 19.7. The monoisotopic (exact) mass is 388 g/mol. The molecule has 1 atom stereocenters. The van der Waals surface area contributed by atoms with Gasteiger partial charge < -0.3 is 14.8 Å². The number of nitrogens with one attached hydrogen (secondary N) is 1. The van der Waals surface area contributed by atoms with Crippen LogP contribution in [-0.2, 0) is 9.53 Å². The first-order valence-electron chi connectivity index (χ1n) is 9.25. The van der Waals surface area contributed by atoms with Crippen LogP contribution in [-0.4, -0.2) is 50.3 Å². The maximum atomic E-state index is 12.3. The van der Waals surface area contributed by atoms with Gasteiger partial charge in [0.25, 0.3) is 0 Å². The summed E-state index contributed by atoms with van der Waals surface area (Å²) >= 11 is 6.41. The number of halogens is 1. The van der Waals surface area contributed by atoms with Gasteiger partial charge in [-0.25, -0.2) is 0 Å². The molecular weight excluding hydrogens is 364 g/mol. The third kappa shape index (κ3) is 5.96. The summed E-state index contributed by atoms with van der Waals surface area (Å²) in [4.78, 5) is 14.6. The molecule has 6 heteroatoms. The second kappa shape index (κ2) is 10.3. The van der Waals surface area contributed by atoms with Crippen molar-refractivity contribution < 1.29 is 14.3 Å². The van der Waals surface area contributed by atoms with Crippen molar-refractivity contribution in [1.29, 1.82) is 0 Å². The maximum Gasteiger partial charge on any atom is 0.223 e. The Morgan fingerprint density at radius 2 is 1.81 bits per heavy atom. The van der Waals surface area contributed by atoms with Crippen molar-refractivity contribution >= 4 is 17.5 Å². The third-order valence-electron chi connectivity index (χ3n) is 4.58. The molecule has 0 saturated carbocycles. The highest BCUT2D eigenvalue weighted by Gasteiger charge is 2.24. The van der Waals surface area contributed by atoms with Crippen LogP contribution in [0.3, 0.4) is 0 Å². The summed E-state index contributed by atoms with van der Waals surface area (Å²) in [6.07, 6.45) is 0.313. The van der Waals surface area contributed by atoms with Gasteiger partial charge in [-0.15, -0.1) is 0 Å². The van der Waals surface area contributed by atoms with Crippen LogP contribution in [0, 0.1) is 0 Å². The summed E-state index contributed by atoms with van der Waals surface area (Å²) in [5.74, 6) is 0.740. The highest BCUT2D eigenvalue weighted by atomic mass is 35.5. The number of hydrogen-bond donors (Lipinski definition) is 1. The molecule has 2 aromatic rings. The van der Waals surface area contributed by atoms with E-state index in [2.05, 4.69) is 10.2 Å². The van der Waals surface area contributed by atoms with Gasteiger partial charge in [0.1, 0.15) is 5.75 Å². The number of amides is 1. The lowest BCUT2D eigenvalue weighted by atomic mass is 10.0. The van der Waals surface area contributed by atoms with E-state index >= 15 is 0 Å². The van der Waals surface area contributed by atoms with E-state index in [9.17, 15) is 4.79 Å². The molecule has 2 aromatic carbocycles. The smallest absolute Gasteiger partial charge is 0.223 e. The van der Waals surface area contributed by atoms with E-state index in [-0.39, 0.29) is 11.9 Å². The van der Waals surface area contributed by atoms with Crippen LogP contribution >= 0.6 is 11.6 Å². The average Bonchev–Trinajstić information content (AvgIpc) is 2.71. The Bertz CT molecular complexity index is 720. The summed E-state index contributed by atoms with van der Waals surface area (Å²) in [6, 6.07) is 17.3. The number of carbonyl (C=O) groups excluding carboxylic acids is 1. The van der Waals surface area contributed by atoms with Gasteiger partial charge in [0, 0.05) is 24.7 Å². The Labute approximate surface area is 165 Å². The number of hydrogen-bond acceptors (Lipinski definition) is 4. The number of benzene rings is 2. The first-order valence-corrected chi connectivity index (χ1v) is 9.62. The quantitative estimate of drug-likeness (QED) is 0.753. The largest absolute Gasteiger partial charge is 0.493 e. The summed E-state index contributed by atoms with van der Waals surface area (Å²) < 4.78 is 11.1. The molecule has 1 aliphatic heterocycles. The maximum absolute atomic E-state index is 12.3.